The van der Waals surface area contributed by atoms with Gasteiger partial charge in [0.25, 0.3) is 0 Å². The molecule has 0 amide bonds. The zero-order valence-electron chi connectivity index (χ0n) is 9.86. The van der Waals surface area contributed by atoms with Gasteiger partial charge < -0.3 is 9.84 Å². The summed E-state index contributed by atoms with van der Waals surface area (Å²) in [7, 11) is 0. The van der Waals surface area contributed by atoms with Crippen molar-refractivity contribution in [2.45, 2.75) is 44.8 Å². The molecule has 16 heavy (non-hydrogen) atoms. The van der Waals surface area contributed by atoms with E-state index in [2.05, 4.69) is 19.9 Å². The minimum Gasteiger partial charge on any atom is -0.487 e. The van der Waals surface area contributed by atoms with Gasteiger partial charge in [0.05, 0.1) is 6.10 Å². The minimum atomic E-state index is -0.269. The fraction of sp³-hybridized carbons (Fsp3) is 0.571. The highest BCUT2D eigenvalue weighted by molar-refractivity contribution is 5.42. The van der Waals surface area contributed by atoms with E-state index in [1.165, 1.54) is 18.4 Å². The van der Waals surface area contributed by atoms with Crippen molar-refractivity contribution >= 4 is 0 Å². The van der Waals surface area contributed by atoms with Crippen LogP contribution in [0.3, 0.4) is 0 Å². The number of rotatable bonds is 2. The Hall–Kier alpha value is -1.02. The number of hydrogen-bond acceptors (Lipinski definition) is 2. The van der Waals surface area contributed by atoms with Crippen LogP contribution in [0.5, 0.6) is 5.75 Å². The number of benzene rings is 1. The molecule has 2 nitrogen and oxygen atoms in total. The third-order valence-corrected chi connectivity index (χ3v) is 3.50. The first kappa shape index (κ1) is 10.2. The lowest BCUT2D eigenvalue weighted by molar-refractivity contribution is 0.138. The molecule has 1 aromatic carbocycles. The summed E-state index contributed by atoms with van der Waals surface area (Å²) in [5.74, 6) is 1.48. The molecule has 1 aliphatic heterocycles. The average molecular weight is 218 g/mol. The maximum Gasteiger partial charge on any atom is 0.123 e. The number of fused-ring (bicyclic) bond motifs is 1. The summed E-state index contributed by atoms with van der Waals surface area (Å²) in [6, 6.07) is 6.13. The van der Waals surface area contributed by atoms with Gasteiger partial charge in [-0.1, -0.05) is 6.07 Å². The van der Waals surface area contributed by atoms with Gasteiger partial charge in [0.2, 0.25) is 0 Å². The first-order valence-corrected chi connectivity index (χ1v) is 6.05. The number of hydrogen-bond donors (Lipinski definition) is 1. The van der Waals surface area contributed by atoms with Crippen LogP contribution >= 0.6 is 0 Å². The van der Waals surface area contributed by atoms with E-state index in [9.17, 15) is 5.11 Å². The Kier molecular flexibility index (Phi) is 2.05. The highest BCUT2D eigenvalue weighted by Crippen LogP contribution is 2.43. The molecule has 1 fully saturated rings. The molecule has 0 radical (unpaired) electrons. The lowest BCUT2D eigenvalue weighted by Crippen LogP contribution is -2.24. The molecule has 1 atom stereocenters. The molecule has 1 saturated carbocycles. The molecule has 2 heteroatoms. The molecule has 1 unspecified atom stereocenters. The first-order chi connectivity index (χ1) is 7.55. The van der Waals surface area contributed by atoms with Gasteiger partial charge in [0.1, 0.15) is 11.4 Å². The van der Waals surface area contributed by atoms with Gasteiger partial charge in [0, 0.05) is 6.42 Å². The Balaban J connectivity index is 1.89. The number of aliphatic hydroxyl groups is 1. The topological polar surface area (TPSA) is 29.5 Å². The number of aliphatic hydroxyl groups excluding tert-OH is 1. The third kappa shape index (κ3) is 1.71. The molecule has 1 aromatic rings. The van der Waals surface area contributed by atoms with Crippen molar-refractivity contribution in [3.05, 3.63) is 29.3 Å². The van der Waals surface area contributed by atoms with Crippen LogP contribution in [0.15, 0.2) is 18.2 Å². The van der Waals surface area contributed by atoms with Crippen LogP contribution < -0.4 is 4.74 Å². The summed E-state index contributed by atoms with van der Waals surface area (Å²) in [5, 5.41) is 10.1. The van der Waals surface area contributed by atoms with Crippen LogP contribution in [0, 0.1) is 5.92 Å². The molecule has 3 rings (SSSR count). The summed E-state index contributed by atoms with van der Waals surface area (Å²) in [6.45, 7) is 4.20. The molecule has 1 N–H and O–H groups in total. The molecule has 0 saturated heterocycles. The maximum atomic E-state index is 10.1. The molecule has 0 spiro atoms. The second-order valence-electron chi connectivity index (χ2n) is 5.69. The van der Waals surface area contributed by atoms with Crippen LogP contribution in [0.4, 0.5) is 0 Å². The van der Waals surface area contributed by atoms with Crippen LogP contribution in [-0.2, 0) is 6.42 Å². The van der Waals surface area contributed by atoms with E-state index >= 15 is 0 Å². The van der Waals surface area contributed by atoms with Gasteiger partial charge in [-0.2, -0.15) is 0 Å². The van der Waals surface area contributed by atoms with Gasteiger partial charge in [-0.05, 0) is 55.9 Å². The van der Waals surface area contributed by atoms with Crippen LogP contribution in [0.25, 0.3) is 0 Å². The van der Waals surface area contributed by atoms with E-state index in [0.29, 0.717) is 5.92 Å². The third-order valence-electron chi connectivity index (χ3n) is 3.50. The van der Waals surface area contributed by atoms with Crippen LogP contribution in [0.1, 0.15) is 43.9 Å². The van der Waals surface area contributed by atoms with E-state index in [4.69, 9.17) is 4.74 Å². The molecule has 86 valence electrons. The highest BCUT2D eigenvalue weighted by Gasteiger charge is 2.33. The maximum absolute atomic E-state index is 10.1. The van der Waals surface area contributed by atoms with E-state index in [-0.39, 0.29) is 11.7 Å². The highest BCUT2D eigenvalue weighted by atomic mass is 16.5. The average Bonchev–Trinajstić information content (AvgIpc) is 2.98. The molecular formula is C14H18O2. The second kappa shape index (κ2) is 3.24. The normalized spacial score (nSPS) is 23.7. The van der Waals surface area contributed by atoms with Gasteiger partial charge in [-0.25, -0.2) is 0 Å². The van der Waals surface area contributed by atoms with Gasteiger partial charge >= 0.3 is 0 Å². The molecule has 0 bridgehead atoms. The van der Waals surface area contributed by atoms with Crippen molar-refractivity contribution in [1.82, 2.24) is 0 Å². The fourth-order valence-electron chi connectivity index (χ4n) is 2.50. The Morgan fingerprint density at radius 1 is 1.38 bits per heavy atom. The van der Waals surface area contributed by atoms with Crippen molar-refractivity contribution in [2.24, 2.45) is 5.92 Å². The summed E-state index contributed by atoms with van der Waals surface area (Å²) in [4.78, 5) is 0. The Bertz CT molecular complexity index is 419. The summed E-state index contributed by atoms with van der Waals surface area (Å²) < 4.78 is 5.82. The second-order valence-corrected chi connectivity index (χ2v) is 5.69. The zero-order valence-corrected chi connectivity index (χ0v) is 9.86. The van der Waals surface area contributed by atoms with Crippen molar-refractivity contribution in [3.63, 3.8) is 0 Å². The standard InChI is InChI=1S/C14H18O2/c1-14(2)8-11-7-10(5-6-12(11)16-14)13(15)9-3-4-9/h5-7,9,13,15H,3-4,8H2,1-2H3. The van der Waals surface area contributed by atoms with Crippen molar-refractivity contribution in [2.75, 3.05) is 0 Å². The molecule has 1 aliphatic carbocycles. The van der Waals surface area contributed by atoms with E-state index < -0.39 is 0 Å². The monoisotopic (exact) mass is 218 g/mol. The molecular weight excluding hydrogens is 200 g/mol. The van der Waals surface area contributed by atoms with Crippen molar-refractivity contribution in [3.8, 4) is 5.75 Å². The van der Waals surface area contributed by atoms with E-state index in [1.807, 2.05) is 12.1 Å². The van der Waals surface area contributed by atoms with Gasteiger partial charge in [-0.3, -0.25) is 0 Å². The number of ether oxygens (including phenoxy) is 1. The summed E-state index contributed by atoms with van der Waals surface area (Å²) in [5.41, 5.74) is 2.20. The first-order valence-electron chi connectivity index (χ1n) is 6.05. The van der Waals surface area contributed by atoms with Crippen LogP contribution in [0.2, 0.25) is 0 Å². The van der Waals surface area contributed by atoms with E-state index in [0.717, 1.165) is 17.7 Å². The van der Waals surface area contributed by atoms with Gasteiger partial charge in [-0.15, -0.1) is 0 Å². The lowest BCUT2D eigenvalue weighted by Gasteiger charge is -2.16. The SMILES string of the molecule is CC1(C)Cc2cc(C(O)C3CC3)ccc2O1. The molecule has 0 aromatic heterocycles. The summed E-state index contributed by atoms with van der Waals surface area (Å²) >= 11 is 0. The largest absolute Gasteiger partial charge is 0.487 e. The smallest absolute Gasteiger partial charge is 0.123 e. The molecule has 1 heterocycles. The zero-order chi connectivity index (χ0) is 11.3. The Labute approximate surface area is 96.2 Å². The van der Waals surface area contributed by atoms with Crippen LogP contribution in [-0.4, -0.2) is 10.7 Å². The van der Waals surface area contributed by atoms with Crippen molar-refractivity contribution < 1.29 is 9.84 Å². The Morgan fingerprint density at radius 2 is 2.12 bits per heavy atom. The van der Waals surface area contributed by atoms with Crippen molar-refractivity contribution in [1.29, 1.82) is 0 Å². The quantitative estimate of drug-likeness (QED) is 0.827. The predicted molar refractivity (Wildman–Crippen MR) is 62.5 cm³/mol. The fourth-order valence-corrected chi connectivity index (χ4v) is 2.50. The summed E-state index contributed by atoms with van der Waals surface area (Å²) in [6.07, 6.45) is 3.00. The predicted octanol–water partition coefficient (Wildman–Crippen LogP) is 2.84. The van der Waals surface area contributed by atoms with Gasteiger partial charge in [0.15, 0.2) is 0 Å². The Morgan fingerprint density at radius 3 is 2.81 bits per heavy atom. The minimum absolute atomic E-state index is 0.0918. The molecule has 2 aliphatic rings. The van der Waals surface area contributed by atoms with E-state index in [1.54, 1.807) is 0 Å². The lowest BCUT2D eigenvalue weighted by atomic mass is 9.97.